The summed E-state index contributed by atoms with van der Waals surface area (Å²) in [5.41, 5.74) is 4.31. The second kappa shape index (κ2) is 1.87. The Labute approximate surface area is 39.6 Å². The van der Waals surface area contributed by atoms with Crippen LogP contribution in [0, 0.1) is 0 Å². The molecule has 1 aromatic heterocycles. The molecule has 6 heavy (non-hydrogen) atoms. The highest BCUT2D eigenvalue weighted by atomic mass is 28.2. The predicted octanol–water partition coefficient (Wildman–Crippen LogP) is 1.02. The fourth-order valence-corrected chi connectivity index (χ4v) is 0.897. The minimum absolute atomic E-state index is 0.909. The summed E-state index contributed by atoms with van der Waals surface area (Å²) in [4.78, 5) is 0. The Morgan fingerprint density at radius 1 is 0.833 bits per heavy atom. The molecule has 0 nitrogen and oxygen atoms in total. The van der Waals surface area contributed by atoms with Gasteiger partial charge >= 0.3 is 0 Å². The van der Waals surface area contributed by atoms with Crippen LogP contribution in [0.5, 0.6) is 0 Å². The molecule has 0 N–H and O–H groups in total. The smallest absolute Gasteiger partial charge is 0.0688 e. The Hall–Kier alpha value is -0.433. The summed E-state index contributed by atoms with van der Waals surface area (Å²) < 4.78 is 0. The lowest BCUT2D eigenvalue weighted by Crippen LogP contribution is -1.60. The second-order valence-corrected chi connectivity index (χ2v) is 2.08. The van der Waals surface area contributed by atoms with Crippen molar-refractivity contribution in [3.63, 3.8) is 0 Å². The largest absolute Gasteiger partial charge is 0.416 e. The molecule has 0 bridgehead atoms. The van der Waals surface area contributed by atoms with Crippen molar-refractivity contribution >= 4 is 9.12 Å². The van der Waals surface area contributed by atoms with Crippen molar-refractivity contribution < 1.29 is 0 Å². The maximum atomic E-state index is 2.15. The van der Waals surface area contributed by atoms with Crippen molar-refractivity contribution in [1.29, 1.82) is 0 Å². The van der Waals surface area contributed by atoms with Gasteiger partial charge in [-0.05, 0) is 0 Å². The number of hydrogen-bond acceptors (Lipinski definition) is 0. The first-order valence-corrected chi connectivity index (χ1v) is 3.07. The van der Waals surface area contributed by atoms with Crippen molar-refractivity contribution in [2.75, 3.05) is 0 Å². The molecule has 0 saturated carbocycles. The highest BCUT2D eigenvalue weighted by molar-refractivity contribution is 6.26. The van der Waals surface area contributed by atoms with E-state index in [2.05, 4.69) is 23.5 Å². The van der Waals surface area contributed by atoms with Gasteiger partial charge in [0.1, 0.15) is 0 Å². The molecule has 0 saturated heterocycles. The van der Waals surface area contributed by atoms with Crippen molar-refractivity contribution in [2.45, 2.75) is 0 Å². The van der Waals surface area contributed by atoms with Gasteiger partial charge in [-0.3, -0.25) is 11.4 Å². The van der Waals surface area contributed by atoms with E-state index in [-0.39, 0.29) is 0 Å². The zero-order valence-electron chi connectivity index (χ0n) is 3.39. The quantitative estimate of drug-likeness (QED) is 0.420. The van der Waals surface area contributed by atoms with Gasteiger partial charge in [0.2, 0.25) is 0 Å². The van der Waals surface area contributed by atoms with E-state index >= 15 is 0 Å². The minimum Gasteiger partial charge on any atom is -0.416 e. The van der Waals surface area contributed by atoms with Crippen LogP contribution in [0.1, 0.15) is 0 Å². The maximum absolute atomic E-state index is 2.15. The van der Waals surface area contributed by atoms with Gasteiger partial charge in [0.15, 0.2) is 0 Å². The van der Waals surface area contributed by atoms with Gasteiger partial charge in [0, 0.05) is 0 Å². The Morgan fingerprint density at radius 2 is 1.50 bits per heavy atom. The van der Waals surface area contributed by atoms with Crippen LogP contribution in [-0.2, 0) is 0 Å². The van der Waals surface area contributed by atoms with E-state index in [9.17, 15) is 0 Å². The van der Waals surface area contributed by atoms with E-state index in [1.165, 1.54) is 0 Å². The lowest BCUT2D eigenvalue weighted by Gasteiger charge is -1.85. The monoisotopic (exact) mass is 93.0 g/mol. The first kappa shape index (κ1) is 3.75. The molecule has 0 fully saturated rings. The lowest BCUT2D eigenvalue weighted by atomic mass is 10.6. The van der Waals surface area contributed by atoms with Crippen LogP contribution in [0.25, 0.3) is 0 Å². The maximum Gasteiger partial charge on any atom is -0.0688 e. The Balaban J connectivity index is 3.00. The van der Waals surface area contributed by atoms with Gasteiger partial charge in [-0.25, -0.2) is 0 Å². The molecule has 1 rings (SSSR count). The van der Waals surface area contributed by atoms with Crippen LogP contribution < -0.4 is 0 Å². The molecular formula is C5H5Si-. The number of hydrogen-bond donors (Lipinski definition) is 0. The van der Waals surface area contributed by atoms with E-state index in [0.29, 0.717) is 0 Å². The van der Waals surface area contributed by atoms with E-state index in [4.69, 9.17) is 0 Å². The highest BCUT2D eigenvalue weighted by Gasteiger charge is 1.45. The van der Waals surface area contributed by atoms with Crippen LogP contribution in [0.3, 0.4) is 0 Å². The molecule has 0 aliphatic carbocycles. The normalized spacial score (nSPS) is 8.00. The predicted molar refractivity (Wildman–Crippen MR) is 27.8 cm³/mol. The minimum atomic E-state index is 0.909. The van der Waals surface area contributed by atoms with Gasteiger partial charge in [-0.15, -0.1) is 12.1 Å². The summed E-state index contributed by atoms with van der Waals surface area (Å²) in [7, 11) is 0.909. The molecule has 0 atom stereocenters. The summed E-state index contributed by atoms with van der Waals surface area (Å²) in [6, 6.07) is 6.17. The van der Waals surface area contributed by atoms with Crippen molar-refractivity contribution in [3.8, 4) is 0 Å². The molecule has 0 unspecified atom stereocenters. The van der Waals surface area contributed by atoms with Crippen LogP contribution >= 0.6 is 0 Å². The first-order valence-electron chi connectivity index (χ1n) is 1.91. The fraction of sp³-hybridized carbons (Fsp3) is 0. The molecule has 30 valence electrons. The van der Waals surface area contributed by atoms with E-state index in [1.807, 2.05) is 6.07 Å². The van der Waals surface area contributed by atoms with Gasteiger partial charge in [0.05, 0.1) is 0 Å². The molecule has 0 spiro atoms. The molecule has 1 aromatic rings. The average molecular weight is 93.2 g/mol. The summed E-state index contributed by atoms with van der Waals surface area (Å²) >= 11 is 0. The second-order valence-electron chi connectivity index (χ2n) is 1.08. The fourth-order valence-electron chi connectivity index (χ4n) is 0.342. The third kappa shape index (κ3) is 0.758. The average Bonchev–Trinajstić information content (AvgIpc) is 1.72. The summed E-state index contributed by atoms with van der Waals surface area (Å²) in [5, 5.41) is 0. The molecule has 0 aliphatic rings. The third-order valence-electron chi connectivity index (χ3n) is 0.607. The summed E-state index contributed by atoms with van der Waals surface area (Å²) in [5.74, 6) is 0. The Kier molecular flexibility index (Phi) is 1.17. The van der Waals surface area contributed by atoms with E-state index in [0.717, 1.165) is 9.12 Å². The first-order chi connectivity index (χ1) is 3.00. The zero-order valence-corrected chi connectivity index (χ0v) is 4.39. The van der Waals surface area contributed by atoms with Crippen LogP contribution in [-0.4, -0.2) is 9.12 Å². The van der Waals surface area contributed by atoms with Crippen molar-refractivity contribution in [1.82, 2.24) is 0 Å². The van der Waals surface area contributed by atoms with Gasteiger partial charge in [-0.2, -0.15) is 0 Å². The molecule has 0 aliphatic heterocycles. The highest BCUT2D eigenvalue weighted by Crippen LogP contribution is 1.73. The lowest BCUT2D eigenvalue weighted by molar-refractivity contribution is 1.87. The summed E-state index contributed by atoms with van der Waals surface area (Å²) in [6.45, 7) is 0. The van der Waals surface area contributed by atoms with Gasteiger partial charge in [-0.1, -0.05) is 6.07 Å². The summed E-state index contributed by atoms with van der Waals surface area (Å²) in [6.07, 6.45) is 0. The van der Waals surface area contributed by atoms with Crippen LogP contribution in [0.4, 0.5) is 0 Å². The molecule has 1 heterocycles. The van der Waals surface area contributed by atoms with E-state index < -0.39 is 0 Å². The van der Waals surface area contributed by atoms with Gasteiger partial charge < -0.3 is 9.12 Å². The zero-order chi connectivity index (χ0) is 4.24. The number of rotatable bonds is 0. The molecule has 1 heteroatoms. The third-order valence-corrected chi connectivity index (χ3v) is 1.38. The molecular weight excluding hydrogens is 88.1 g/mol. The Morgan fingerprint density at radius 3 is 1.67 bits per heavy atom. The SMILES string of the molecule is c1cc[si-]cc1. The van der Waals surface area contributed by atoms with Crippen LogP contribution in [0.2, 0.25) is 0 Å². The van der Waals surface area contributed by atoms with E-state index in [1.54, 1.807) is 0 Å². The molecule has 0 amide bonds. The van der Waals surface area contributed by atoms with Crippen LogP contribution in [0.15, 0.2) is 29.6 Å². The standard InChI is InChI=1S/C5H5Si/c1-2-4-6-5-3-1/h1-5H/q-1. The van der Waals surface area contributed by atoms with Crippen molar-refractivity contribution in [2.24, 2.45) is 0 Å². The van der Waals surface area contributed by atoms with Gasteiger partial charge in [0.25, 0.3) is 0 Å². The van der Waals surface area contributed by atoms with Crippen molar-refractivity contribution in [3.05, 3.63) is 29.6 Å². The molecule has 0 radical (unpaired) electrons. The Bertz CT molecular complexity index is 75.9. The molecule has 0 aromatic carbocycles. The topological polar surface area (TPSA) is 0 Å².